The smallest absolute Gasteiger partial charge is 1.00 e. The Bertz CT molecular complexity index is 999. The summed E-state index contributed by atoms with van der Waals surface area (Å²) >= 11 is 0. The standard InChI is InChI=1S/C21H17N5.3ClH.Nd/c1-12-6-3-8-14-18(12)25-20(23-14)16-10-5-11-17(22-16)21-24-15-9-4-7-13(2)19(15)26-21;;;;/h3-11,18-19H,1-2H3;3*1H;/q;;;;+3/p-3. The van der Waals surface area contributed by atoms with Crippen LogP contribution in [0.4, 0.5) is 0 Å². The second-order valence-corrected chi connectivity index (χ2v) is 6.73. The van der Waals surface area contributed by atoms with E-state index in [-0.39, 0.29) is 90.1 Å². The van der Waals surface area contributed by atoms with E-state index in [9.17, 15) is 0 Å². The summed E-state index contributed by atoms with van der Waals surface area (Å²) in [5.74, 6) is 1.34. The number of allylic oxidation sites excluding steroid dienone is 4. The third-order valence-corrected chi connectivity index (χ3v) is 4.86. The fraction of sp³-hybridized carbons (Fsp3) is 0.190. The normalized spacial score (nSPS) is 22.2. The Morgan fingerprint density at radius 2 is 1.13 bits per heavy atom. The summed E-state index contributed by atoms with van der Waals surface area (Å²) in [5.41, 5.74) is 5.85. The summed E-state index contributed by atoms with van der Waals surface area (Å²) in [5, 5.41) is 0. The zero-order valence-electron chi connectivity index (χ0n) is 16.2. The van der Waals surface area contributed by atoms with Crippen LogP contribution >= 0.6 is 0 Å². The SMILES string of the molecule is CC1=CC=CC2=NC(c3cccc(C4=NC5C(C)=CC=CC5=N4)n3)=NC12.[Cl-].[Cl-].[Cl-].[Nd+3]. The molecule has 0 saturated carbocycles. The topological polar surface area (TPSA) is 62.3 Å². The number of nitrogens with zero attached hydrogens (tertiary/aromatic N) is 5. The molecular formula is C21H17Cl3N5Nd. The summed E-state index contributed by atoms with van der Waals surface area (Å²) < 4.78 is 0. The third kappa shape index (κ3) is 4.91. The van der Waals surface area contributed by atoms with Crippen molar-refractivity contribution in [2.45, 2.75) is 25.9 Å². The van der Waals surface area contributed by atoms with Crippen LogP contribution < -0.4 is 37.2 Å². The zero-order valence-corrected chi connectivity index (χ0v) is 21.7. The number of amidine groups is 2. The molecule has 0 aromatic carbocycles. The van der Waals surface area contributed by atoms with E-state index in [4.69, 9.17) is 15.0 Å². The Hall–Kier alpha value is -0.989. The van der Waals surface area contributed by atoms with E-state index >= 15 is 0 Å². The summed E-state index contributed by atoms with van der Waals surface area (Å²) in [6, 6.07) is 5.88. The van der Waals surface area contributed by atoms with Crippen molar-refractivity contribution in [2.75, 3.05) is 0 Å². The van der Waals surface area contributed by atoms with Crippen molar-refractivity contribution in [1.82, 2.24) is 4.98 Å². The van der Waals surface area contributed by atoms with E-state index < -0.39 is 0 Å². The molecule has 0 bridgehead atoms. The summed E-state index contributed by atoms with van der Waals surface area (Å²) in [6.07, 6.45) is 12.2. The Morgan fingerprint density at radius 3 is 1.53 bits per heavy atom. The molecule has 0 N–H and O–H groups in total. The first-order chi connectivity index (χ1) is 12.7. The fourth-order valence-corrected chi connectivity index (χ4v) is 3.44. The number of aromatic nitrogens is 1. The van der Waals surface area contributed by atoms with Crippen molar-refractivity contribution in [3.05, 3.63) is 77.2 Å². The summed E-state index contributed by atoms with van der Waals surface area (Å²) in [6.45, 7) is 4.16. The van der Waals surface area contributed by atoms with Crippen molar-refractivity contribution in [1.29, 1.82) is 0 Å². The average Bonchev–Trinajstić information content (AvgIpc) is 3.28. The molecular weight excluding hydrogens is 573 g/mol. The molecule has 0 amide bonds. The fourth-order valence-electron chi connectivity index (χ4n) is 3.44. The molecule has 151 valence electrons. The van der Waals surface area contributed by atoms with E-state index in [1.165, 1.54) is 11.1 Å². The molecule has 0 spiro atoms. The van der Waals surface area contributed by atoms with Gasteiger partial charge in [0.2, 0.25) is 0 Å². The van der Waals surface area contributed by atoms with Crippen LogP contribution in [0.1, 0.15) is 25.2 Å². The maximum absolute atomic E-state index is 4.75. The Labute approximate surface area is 227 Å². The molecule has 1 aromatic heterocycles. The first kappa shape index (κ1) is 27.0. The van der Waals surface area contributed by atoms with Gasteiger partial charge >= 0.3 is 40.8 Å². The van der Waals surface area contributed by atoms with E-state index in [2.05, 4.69) is 36.0 Å². The quantitative estimate of drug-likeness (QED) is 0.339. The second-order valence-electron chi connectivity index (χ2n) is 6.73. The molecule has 9 heteroatoms. The number of aliphatic imine (C=N–C) groups is 4. The number of hydrogen-bond donors (Lipinski definition) is 0. The number of halogens is 3. The van der Waals surface area contributed by atoms with Gasteiger partial charge in [-0.15, -0.1) is 0 Å². The van der Waals surface area contributed by atoms with Crippen LogP contribution in [0.3, 0.4) is 0 Å². The van der Waals surface area contributed by atoms with Crippen molar-refractivity contribution >= 4 is 23.1 Å². The maximum atomic E-state index is 4.75. The molecule has 30 heavy (non-hydrogen) atoms. The van der Waals surface area contributed by atoms with Gasteiger partial charge < -0.3 is 37.2 Å². The predicted octanol–water partition coefficient (Wildman–Crippen LogP) is -5.73. The molecule has 2 unspecified atom stereocenters. The Kier molecular flexibility index (Phi) is 9.96. The molecule has 5 nitrogen and oxygen atoms in total. The molecule has 5 rings (SSSR count). The van der Waals surface area contributed by atoms with Gasteiger partial charge in [-0.2, -0.15) is 0 Å². The van der Waals surface area contributed by atoms with Crippen molar-refractivity contribution in [2.24, 2.45) is 20.0 Å². The summed E-state index contributed by atoms with van der Waals surface area (Å²) in [4.78, 5) is 23.6. The van der Waals surface area contributed by atoms with Crippen LogP contribution in [0, 0.1) is 40.8 Å². The van der Waals surface area contributed by atoms with E-state index in [0.717, 1.165) is 22.8 Å². The largest absolute Gasteiger partial charge is 3.00 e. The number of fused-ring (bicyclic) bond motifs is 2. The zero-order chi connectivity index (χ0) is 17.7. The van der Waals surface area contributed by atoms with E-state index in [1.807, 2.05) is 42.5 Å². The molecule has 2 atom stereocenters. The van der Waals surface area contributed by atoms with Gasteiger partial charge in [0.1, 0.15) is 23.5 Å². The van der Waals surface area contributed by atoms with Gasteiger partial charge in [-0.3, -0.25) is 9.98 Å². The Morgan fingerprint density at radius 1 is 0.700 bits per heavy atom. The number of rotatable bonds is 2. The number of pyridine rings is 1. The van der Waals surface area contributed by atoms with Gasteiger partial charge in [0.05, 0.1) is 11.4 Å². The minimum absolute atomic E-state index is 0. The van der Waals surface area contributed by atoms with E-state index in [0.29, 0.717) is 11.7 Å². The second kappa shape index (κ2) is 11.0. The van der Waals surface area contributed by atoms with Crippen molar-refractivity contribution in [3.8, 4) is 0 Å². The van der Waals surface area contributed by atoms with Crippen LogP contribution in [-0.4, -0.2) is 40.2 Å². The van der Waals surface area contributed by atoms with Crippen LogP contribution in [0.25, 0.3) is 0 Å². The van der Waals surface area contributed by atoms with Gasteiger partial charge in [-0.25, -0.2) is 15.0 Å². The van der Waals surface area contributed by atoms with Crippen LogP contribution in [0.2, 0.25) is 0 Å². The average molecular weight is 590 g/mol. The predicted molar refractivity (Wildman–Crippen MR) is 106 cm³/mol. The van der Waals surface area contributed by atoms with Gasteiger partial charge in [0.15, 0.2) is 11.7 Å². The first-order valence-corrected chi connectivity index (χ1v) is 8.69. The van der Waals surface area contributed by atoms with Crippen LogP contribution in [0.5, 0.6) is 0 Å². The van der Waals surface area contributed by atoms with Crippen LogP contribution in [0.15, 0.2) is 85.8 Å². The van der Waals surface area contributed by atoms with Gasteiger partial charge in [-0.1, -0.05) is 30.4 Å². The molecule has 1 radical (unpaired) electrons. The molecule has 1 aromatic rings. The minimum Gasteiger partial charge on any atom is -1.00 e. The van der Waals surface area contributed by atoms with E-state index in [1.54, 1.807) is 0 Å². The number of hydrogen-bond acceptors (Lipinski definition) is 5. The first-order valence-electron chi connectivity index (χ1n) is 8.69. The Balaban J connectivity index is 0.00000112. The molecule has 0 saturated heterocycles. The van der Waals surface area contributed by atoms with Gasteiger partial charge in [0.25, 0.3) is 0 Å². The minimum atomic E-state index is 0. The van der Waals surface area contributed by atoms with Crippen molar-refractivity contribution in [3.63, 3.8) is 0 Å². The van der Waals surface area contributed by atoms with Crippen LogP contribution in [-0.2, 0) is 0 Å². The molecule has 4 aliphatic rings. The van der Waals surface area contributed by atoms with Gasteiger partial charge in [-0.05, 0) is 49.3 Å². The molecule has 0 fully saturated rings. The van der Waals surface area contributed by atoms with Crippen molar-refractivity contribution < 1.29 is 78.1 Å². The molecule has 3 heterocycles. The molecule has 2 aliphatic carbocycles. The molecule has 2 aliphatic heterocycles. The monoisotopic (exact) mass is 586 g/mol. The van der Waals surface area contributed by atoms with Gasteiger partial charge in [0, 0.05) is 0 Å². The summed E-state index contributed by atoms with van der Waals surface area (Å²) in [7, 11) is 0. The maximum Gasteiger partial charge on any atom is 3.00 e. The third-order valence-electron chi connectivity index (χ3n) is 4.86.